The number of nitrogens with two attached hydrogens (primary N) is 4. The highest BCUT2D eigenvalue weighted by Crippen LogP contribution is 2.32. The largest absolute Gasteiger partial charge is 0.394 e. The summed E-state index contributed by atoms with van der Waals surface area (Å²) >= 11 is 0. The SMILES string of the molecule is CCCCC(C)(CO)Nc1nc(N)nc2cc(F)cnc12.CCCC[C@@](C)(CO)Nc1nc(N)nc2cc(F)cnc12.CCCC[C@](C)(CCC(C)=O)Nc1nc(N)nc2c(C)ccnc12.CCCC[C@](C)(CCC(C)=O)Nc1nc(N)nc2cccnc12. The number of pyridine rings is 4. The van der Waals surface area contributed by atoms with E-state index in [0.717, 1.165) is 119 Å². The lowest BCUT2D eigenvalue weighted by molar-refractivity contribution is -0.118. The van der Waals surface area contributed by atoms with Crippen molar-refractivity contribution in [2.45, 2.75) is 201 Å². The van der Waals surface area contributed by atoms with Gasteiger partial charge in [-0.2, -0.15) is 19.9 Å². The van der Waals surface area contributed by atoms with Crippen LogP contribution in [0.3, 0.4) is 0 Å². The highest BCUT2D eigenvalue weighted by molar-refractivity contribution is 5.90. The van der Waals surface area contributed by atoms with Gasteiger partial charge < -0.3 is 64.0 Å². The second-order valence-corrected chi connectivity index (χ2v) is 23.8. The molecule has 8 aromatic heterocycles. The number of aliphatic hydroxyl groups is 2. The number of nitrogens with zero attached hydrogens (tertiary/aromatic N) is 12. The van der Waals surface area contributed by atoms with Crippen LogP contribution in [0.5, 0.6) is 0 Å². The van der Waals surface area contributed by atoms with Crippen molar-refractivity contribution in [3.8, 4) is 0 Å². The van der Waals surface area contributed by atoms with Gasteiger partial charge in [0.25, 0.3) is 0 Å². The number of carbonyl (C=O) groups excluding carboxylic acids is 2. The Morgan fingerprint density at radius 2 is 0.809 bits per heavy atom. The third kappa shape index (κ3) is 21.6. The van der Waals surface area contributed by atoms with Crippen LogP contribution in [-0.4, -0.2) is 117 Å². The molecule has 8 aromatic rings. The minimum Gasteiger partial charge on any atom is -0.394 e. The van der Waals surface area contributed by atoms with Crippen molar-refractivity contribution >= 4 is 103 Å². The van der Waals surface area contributed by atoms with Gasteiger partial charge in [-0.3, -0.25) is 9.97 Å². The first-order valence-electron chi connectivity index (χ1n) is 30.5. The second-order valence-electron chi connectivity index (χ2n) is 23.8. The fourth-order valence-corrected chi connectivity index (χ4v) is 9.71. The predicted octanol–water partition coefficient (Wildman–Crippen LogP) is 11.2. The maximum absolute atomic E-state index is 13.2. The molecular formula is C63H92F2N20O4. The van der Waals surface area contributed by atoms with Crippen molar-refractivity contribution in [1.82, 2.24) is 59.8 Å². The number of aliphatic hydroxyl groups excluding tert-OH is 2. The molecule has 14 N–H and O–H groups in total. The zero-order valence-corrected chi connectivity index (χ0v) is 53.6. The average Bonchev–Trinajstić information content (AvgIpc) is 2.26. The molecule has 0 aliphatic carbocycles. The first-order chi connectivity index (χ1) is 42.2. The number of aromatic nitrogens is 12. The standard InChI is InChI=1S/C18H27N5O.C17H25N5O.2C14H20FN5O/c1-5-6-9-18(4,10-7-13(3)24)23-16-15-14(21-17(19)22-16)12(2)8-11-20-15;1-4-5-9-17(3,10-8-12(2)23)22-15-14-13(7-6-11-19-14)20-16(18)21-15;2*1-3-4-5-14(2,8-21)20-12-11-10(18-13(16)19-12)6-9(15)7-17-11/h8,11H,5-7,9-10H2,1-4H3,(H3,19,21,22,23);6-7,11H,4-5,8-10H2,1-3H3,(H3,18,20,21,22);2*6-7,21H,3-5,8H2,1-2H3,(H3,16,18,19,20)/t18-;17-;14-;/m110./s1. The number of unbranched alkanes of at least 4 members (excludes halogenated alkanes) is 4. The number of Topliss-reactive ketones (excluding diaryl/α,β-unsaturated/α-hetero) is 2. The molecule has 0 radical (unpaired) electrons. The lowest BCUT2D eigenvalue weighted by Crippen LogP contribution is -2.39. The first-order valence-corrected chi connectivity index (χ1v) is 30.5. The molecule has 0 spiro atoms. The van der Waals surface area contributed by atoms with Crippen molar-refractivity contribution in [1.29, 1.82) is 0 Å². The van der Waals surface area contributed by atoms with Crippen molar-refractivity contribution < 1.29 is 28.6 Å². The van der Waals surface area contributed by atoms with Gasteiger partial charge in [-0.05, 0) is 111 Å². The minimum atomic E-state index is -0.542. The van der Waals surface area contributed by atoms with Crippen molar-refractivity contribution in [2.24, 2.45) is 0 Å². The highest BCUT2D eigenvalue weighted by atomic mass is 19.1. The smallest absolute Gasteiger partial charge is 0.222 e. The van der Waals surface area contributed by atoms with Crippen LogP contribution >= 0.6 is 0 Å². The molecule has 8 rings (SSSR count). The van der Waals surface area contributed by atoms with E-state index in [1.165, 1.54) is 12.1 Å². The van der Waals surface area contributed by atoms with Gasteiger partial charge in [-0.1, -0.05) is 79.1 Å². The Morgan fingerprint density at radius 1 is 0.461 bits per heavy atom. The van der Waals surface area contributed by atoms with Gasteiger partial charge in [-0.25, -0.2) is 38.7 Å². The van der Waals surface area contributed by atoms with Gasteiger partial charge in [0.15, 0.2) is 23.3 Å². The Morgan fingerprint density at radius 3 is 1.20 bits per heavy atom. The van der Waals surface area contributed by atoms with E-state index < -0.39 is 22.7 Å². The molecule has 0 aliphatic rings. The summed E-state index contributed by atoms with van der Waals surface area (Å²) in [6, 6.07) is 8.11. The van der Waals surface area contributed by atoms with E-state index in [2.05, 4.69) is 123 Å². The highest BCUT2D eigenvalue weighted by Gasteiger charge is 2.29. The number of carbonyl (C=O) groups is 2. The zero-order chi connectivity index (χ0) is 65.5. The van der Waals surface area contributed by atoms with Gasteiger partial charge in [0, 0.05) is 48.4 Å². The Balaban J connectivity index is 0.000000216. The van der Waals surface area contributed by atoms with Crippen molar-refractivity contribution in [2.75, 3.05) is 57.4 Å². The summed E-state index contributed by atoms with van der Waals surface area (Å²) < 4.78 is 26.5. The minimum absolute atomic E-state index is 0.0354. The Kier molecular flexibility index (Phi) is 26.6. The number of hydrogen-bond donors (Lipinski definition) is 10. The van der Waals surface area contributed by atoms with Gasteiger partial charge in [0.1, 0.15) is 45.3 Å². The molecule has 24 nitrogen and oxygen atoms in total. The van der Waals surface area contributed by atoms with E-state index in [1.807, 2.05) is 39.0 Å². The first kappa shape index (κ1) is 71.2. The number of fused-ring (bicyclic) bond motifs is 4. The summed E-state index contributed by atoms with van der Waals surface area (Å²) in [6.45, 7) is 21.7. The second kappa shape index (κ2) is 33.2. The van der Waals surface area contributed by atoms with Crippen LogP contribution in [0.1, 0.15) is 178 Å². The van der Waals surface area contributed by atoms with Crippen LogP contribution in [0.15, 0.2) is 55.1 Å². The predicted molar refractivity (Wildman–Crippen MR) is 352 cm³/mol. The number of nitrogens with one attached hydrogen (secondary N) is 4. The Bertz CT molecular complexity index is 3500. The van der Waals surface area contributed by atoms with Gasteiger partial charge in [0.2, 0.25) is 23.8 Å². The van der Waals surface area contributed by atoms with E-state index in [9.17, 15) is 28.6 Å². The molecule has 482 valence electrons. The molecule has 0 saturated carbocycles. The van der Waals surface area contributed by atoms with Gasteiger partial charge in [-0.15, -0.1) is 0 Å². The summed E-state index contributed by atoms with van der Waals surface area (Å²) in [5.41, 5.74) is 26.9. The summed E-state index contributed by atoms with van der Waals surface area (Å²) in [5.74, 6) is 2.03. The molecule has 0 aliphatic heterocycles. The van der Waals surface area contributed by atoms with E-state index >= 15 is 0 Å². The van der Waals surface area contributed by atoms with Crippen LogP contribution in [0.4, 0.5) is 55.8 Å². The number of halogens is 2. The van der Waals surface area contributed by atoms with Gasteiger partial charge in [0.05, 0.1) is 58.8 Å². The lowest BCUT2D eigenvalue weighted by Gasteiger charge is -2.31. The third-order valence-corrected chi connectivity index (χ3v) is 15.1. The molecule has 4 atom stereocenters. The van der Waals surface area contributed by atoms with Crippen LogP contribution in [0, 0.1) is 18.6 Å². The molecular weight excluding hydrogens is 1140 g/mol. The molecule has 0 bridgehead atoms. The van der Waals surface area contributed by atoms with Crippen LogP contribution in [0.25, 0.3) is 44.1 Å². The zero-order valence-electron chi connectivity index (χ0n) is 53.6. The van der Waals surface area contributed by atoms with E-state index in [1.54, 1.807) is 26.2 Å². The van der Waals surface area contributed by atoms with Crippen LogP contribution < -0.4 is 44.2 Å². The maximum Gasteiger partial charge on any atom is 0.222 e. The Hall–Kier alpha value is -8.52. The number of aryl methyl sites for hydroxylation is 1. The topological polar surface area (TPSA) is 381 Å². The van der Waals surface area contributed by atoms with Gasteiger partial charge >= 0.3 is 0 Å². The van der Waals surface area contributed by atoms with Crippen molar-refractivity contribution in [3.05, 3.63) is 72.3 Å². The summed E-state index contributed by atoms with van der Waals surface area (Å²) in [4.78, 5) is 73.1. The maximum atomic E-state index is 13.2. The average molecular weight is 1230 g/mol. The monoisotopic (exact) mass is 1230 g/mol. The van der Waals surface area contributed by atoms with Crippen LogP contribution in [-0.2, 0) is 9.59 Å². The number of rotatable bonds is 28. The molecule has 1 unspecified atom stereocenters. The molecule has 89 heavy (non-hydrogen) atoms. The normalized spacial score (nSPS) is 13.9. The molecule has 0 saturated heterocycles. The summed E-state index contributed by atoms with van der Waals surface area (Å²) in [5, 5.41) is 32.6. The number of anilines is 8. The Labute approximate surface area is 520 Å². The summed E-state index contributed by atoms with van der Waals surface area (Å²) in [7, 11) is 0. The molecule has 0 aromatic carbocycles. The quantitative estimate of drug-likeness (QED) is 0.0218. The molecule has 26 heteroatoms. The number of hydrogen-bond acceptors (Lipinski definition) is 24. The van der Waals surface area contributed by atoms with Crippen molar-refractivity contribution in [3.63, 3.8) is 0 Å². The fourth-order valence-electron chi connectivity index (χ4n) is 9.71. The lowest BCUT2D eigenvalue weighted by atomic mass is 9.89. The van der Waals surface area contributed by atoms with E-state index in [-0.39, 0.29) is 59.7 Å². The number of nitrogen functional groups attached to an aromatic ring is 4. The molecule has 0 fully saturated rings. The fraction of sp³-hybridized carbons (Fsp3) is 0.524. The third-order valence-electron chi connectivity index (χ3n) is 15.1. The molecule has 0 amide bonds. The summed E-state index contributed by atoms with van der Waals surface area (Å²) in [6.07, 6.45) is 20.0. The molecule has 8 heterocycles. The van der Waals surface area contributed by atoms with Crippen LogP contribution in [0.2, 0.25) is 0 Å². The van der Waals surface area contributed by atoms with E-state index in [0.29, 0.717) is 69.2 Å². The number of ketones is 2. The van der Waals surface area contributed by atoms with E-state index in [4.69, 9.17) is 22.9 Å².